The minimum absolute atomic E-state index is 0.373. The molecule has 0 fully saturated rings. The molecule has 13 heavy (non-hydrogen) atoms. The van der Waals surface area contributed by atoms with Crippen LogP contribution in [0.1, 0.15) is 24.8 Å². The third-order valence-corrected chi connectivity index (χ3v) is 2.18. The first kappa shape index (κ1) is 9.99. The smallest absolute Gasteiger partial charge is 0.0733 e. The maximum atomic E-state index is 5.58. The highest BCUT2D eigenvalue weighted by atomic mass is 32.1. The van der Waals surface area contributed by atoms with E-state index in [2.05, 4.69) is 6.92 Å². The van der Waals surface area contributed by atoms with Gasteiger partial charge in [-0.25, -0.2) is 0 Å². The average Bonchev–Trinajstić information content (AvgIpc) is 2.04. The van der Waals surface area contributed by atoms with Gasteiger partial charge in [0.1, 0.15) is 0 Å². The lowest BCUT2D eigenvalue weighted by molar-refractivity contribution is 0.807. The number of nitrogens with two attached hydrogens (primary N) is 2. The molecular formula is C10H14N2S. The van der Waals surface area contributed by atoms with E-state index < -0.39 is 0 Å². The van der Waals surface area contributed by atoms with E-state index in [-0.39, 0.29) is 0 Å². The van der Waals surface area contributed by atoms with Crippen LogP contribution in [0.4, 0.5) is 5.69 Å². The van der Waals surface area contributed by atoms with Gasteiger partial charge in [-0.2, -0.15) is 0 Å². The van der Waals surface area contributed by atoms with Gasteiger partial charge in [-0.15, -0.1) is 0 Å². The second kappa shape index (κ2) is 4.23. The molecule has 4 N–H and O–H groups in total. The second-order valence-electron chi connectivity index (χ2n) is 3.24. The van der Waals surface area contributed by atoms with Crippen LogP contribution in [0.2, 0.25) is 0 Å². The van der Waals surface area contributed by atoms with Crippen LogP contribution in [0.25, 0.3) is 0 Å². The molecule has 1 aromatic carbocycles. The monoisotopic (exact) mass is 194 g/mol. The van der Waals surface area contributed by atoms with Crippen molar-refractivity contribution in [2.75, 3.05) is 5.73 Å². The molecule has 0 spiro atoms. The van der Waals surface area contributed by atoms with E-state index in [1.54, 1.807) is 0 Å². The second-order valence-corrected chi connectivity index (χ2v) is 3.76. The van der Waals surface area contributed by atoms with Crippen LogP contribution in [0.5, 0.6) is 0 Å². The fraction of sp³-hybridized carbons (Fsp3) is 0.300. The van der Waals surface area contributed by atoms with E-state index in [0.717, 1.165) is 12.1 Å². The fourth-order valence-corrected chi connectivity index (χ4v) is 1.49. The van der Waals surface area contributed by atoms with Crippen LogP contribution in [-0.2, 0) is 0 Å². The Kier molecular flexibility index (Phi) is 3.25. The van der Waals surface area contributed by atoms with Gasteiger partial charge >= 0.3 is 0 Å². The molecule has 0 saturated carbocycles. The van der Waals surface area contributed by atoms with Gasteiger partial charge in [-0.05, 0) is 23.6 Å². The number of anilines is 1. The minimum atomic E-state index is 0.373. The number of rotatable bonds is 3. The van der Waals surface area contributed by atoms with Gasteiger partial charge in [0.15, 0.2) is 0 Å². The van der Waals surface area contributed by atoms with Gasteiger partial charge in [-0.3, -0.25) is 0 Å². The van der Waals surface area contributed by atoms with Crippen molar-refractivity contribution in [1.82, 2.24) is 0 Å². The van der Waals surface area contributed by atoms with Gasteiger partial charge in [-0.1, -0.05) is 31.3 Å². The van der Waals surface area contributed by atoms with E-state index >= 15 is 0 Å². The Bertz CT molecular complexity index is 292. The predicted molar refractivity (Wildman–Crippen MR) is 60.7 cm³/mol. The number of hydrogen-bond acceptors (Lipinski definition) is 2. The molecule has 3 heteroatoms. The SMILES string of the molecule is CC(CC(N)=S)c1ccc(N)cc1. The Hall–Kier alpha value is -1.09. The molecule has 0 radical (unpaired) electrons. The van der Waals surface area contributed by atoms with Gasteiger partial charge in [0.25, 0.3) is 0 Å². The van der Waals surface area contributed by atoms with E-state index in [9.17, 15) is 0 Å². The van der Waals surface area contributed by atoms with Crippen molar-refractivity contribution in [1.29, 1.82) is 0 Å². The van der Waals surface area contributed by atoms with Crippen LogP contribution < -0.4 is 11.5 Å². The summed E-state index contributed by atoms with van der Waals surface area (Å²) in [5.74, 6) is 0.373. The maximum Gasteiger partial charge on any atom is 0.0733 e. The molecule has 0 aliphatic carbocycles. The molecular weight excluding hydrogens is 180 g/mol. The van der Waals surface area contributed by atoms with Gasteiger partial charge in [0.05, 0.1) is 4.99 Å². The Balaban J connectivity index is 2.71. The van der Waals surface area contributed by atoms with Crippen molar-refractivity contribution in [3.05, 3.63) is 29.8 Å². The summed E-state index contributed by atoms with van der Waals surface area (Å²) in [6, 6.07) is 7.81. The van der Waals surface area contributed by atoms with Crippen LogP contribution in [0.15, 0.2) is 24.3 Å². The van der Waals surface area contributed by atoms with Crippen molar-refractivity contribution in [2.45, 2.75) is 19.3 Å². The fourth-order valence-electron chi connectivity index (χ4n) is 1.24. The summed E-state index contributed by atoms with van der Waals surface area (Å²) in [4.78, 5) is 0.560. The molecule has 1 atom stereocenters. The molecule has 0 amide bonds. The maximum absolute atomic E-state index is 5.58. The lowest BCUT2D eigenvalue weighted by atomic mass is 9.98. The first-order chi connectivity index (χ1) is 6.09. The predicted octanol–water partition coefficient (Wildman–Crippen LogP) is 2.05. The Morgan fingerprint density at radius 1 is 1.38 bits per heavy atom. The van der Waals surface area contributed by atoms with E-state index in [1.165, 1.54) is 5.56 Å². The summed E-state index contributed by atoms with van der Waals surface area (Å²) in [5.41, 5.74) is 13.1. The van der Waals surface area contributed by atoms with E-state index in [4.69, 9.17) is 23.7 Å². The standard InChI is InChI=1S/C10H14N2S/c1-7(6-10(12)13)8-2-4-9(11)5-3-8/h2-5,7H,6,11H2,1H3,(H2,12,13). The molecule has 1 aromatic rings. The number of thiocarbonyl (C=S) groups is 1. The third kappa shape index (κ3) is 3.03. The van der Waals surface area contributed by atoms with Crippen LogP contribution in [0.3, 0.4) is 0 Å². The Morgan fingerprint density at radius 3 is 2.38 bits per heavy atom. The zero-order valence-corrected chi connectivity index (χ0v) is 8.47. The molecule has 1 unspecified atom stereocenters. The van der Waals surface area contributed by atoms with E-state index in [1.807, 2.05) is 24.3 Å². The van der Waals surface area contributed by atoms with E-state index in [0.29, 0.717) is 10.9 Å². The zero-order chi connectivity index (χ0) is 9.84. The summed E-state index contributed by atoms with van der Waals surface area (Å²) in [6.45, 7) is 2.10. The van der Waals surface area contributed by atoms with Crippen molar-refractivity contribution < 1.29 is 0 Å². The lowest BCUT2D eigenvalue weighted by Gasteiger charge is -2.10. The summed E-state index contributed by atoms with van der Waals surface area (Å²) in [5, 5.41) is 0. The zero-order valence-electron chi connectivity index (χ0n) is 7.66. The topological polar surface area (TPSA) is 52.0 Å². The number of hydrogen-bond donors (Lipinski definition) is 2. The normalized spacial score (nSPS) is 12.4. The van der Waals surface area contributed by atoms with Crippen molar-refractivity contribution in [3.63, 3.8) is 0 Å². The quantitative estimate of drug-likeness (QED) is 0.572. The number of benzene rings is 1. The van der Waals surface area contributed by atoms with Crippen LogP contribution >= 0.6 is 12.2 Å². The Morgan fingerprint density at radius 2 is 1.92 bits per heavy atom. The highest BCUT2D eigenvalue weighted by Gasteiger charge is 2.05. The van der Waals surface area contributed by atoms with Gasteiger partial charge in [0, 0.05) is 12.1 Å². The molecule has 0 heterocycles. The molecule has 1 rings (SSSR count). The minimum Gasteiger partial charge on any atom is -0.399 e. The lowest BCUT2D eigenvalue weighted by Crippen LogP contribution is -2.11. The third-order valence-electron chi connectivity index (χ3n) is 2.01. The molecule has 0 aliphatic rings. The van der Waals surface area contributed by atoms with Crippen LogP contribution in [-0.4, -0.2) is 4.99 Å². The summed E-state index contributed by atoms with van der Waals surface area (Å²) < 4.78 is 0. The van der Waals surface area contributed by atoms with Crippen molar-refractivity contribution >= 4 is 22.9 Å². The molecule has 70 valence electrons. The first-order valence-corrected chi connectivity index (χ1v) is 4.64. The van der Waals surface area contributed by atoms with Crippen molar-refractivity contribution in [2.24, 2.45) is 5.73 Å². The highest BCUT2D eigenvalue weighted by Crippen LogP contribution is 2.19. The summed E-state index contributed by atoms with van der Waals surface area (Å²) in [6.07, 6.45) is 0.749. The number of nitrogen functional groups attached to an aromatic ring is 1. The largest absolute Gasteiger partial charge is 0.399 e. The summed E-state index contributed by atoms with van der Waals surface area (Å²) in [7, 11) is 0. The van der Waals surface area contributed by atoms with Gasteiger partial charge < -0.3 is 11.5 Å². The molecule has 0 aliphatic heterocycles. The summed E-state index contributed by atoms with van der Waals surface area (Å²) >= 11 is 4.85. The first-order valence-electron chi connectivity index (χ1n) is 4.23. The van der Waals surface area contributed by atoms with Crippen molar-refractivity contribution in [3.8, 4) is 0 Å². The molecule has 0 saturated heterocycles. The Labute approximate surface area is 83.9 Å². The highest BCUT2D eigenvalue weighted by molar-refractivity contribution is 7.80. The molecule has 2 nitrogen and oxygen atoms in total. The molecule has 0 bridgehead atoms. The average molecular weight is 194 g/mol. The molecule has 0 aromatic heterocycles. The van der Waals surface area contributed by atoms with Crippen LogP contribution in [0, 0.1) is 0 Å². The van der Waals surface area contributed by atoms with Gasteiger partial charge in [0.2, 0.25) is 0 Å².